The van der Waals surface area contributed by atoms with E-state index in [9.17, 15) is 9.90 Å². The molecule has 1 rings (SSSR count). The first kappa shape index (κ1) is 16.6. The number of hydrogen-bond donors (Lipinski definition) is 2. The van der Waals surface area contributed by atoms with Crippen LogP contribution in [0.1, 0.15) is 33.6 Å². The van der Waals surface area contributed by atoms with Crippen molar-refractivity contribution in [3.8, 4) is 0 Å². The Bertz CT molecular complexity index is 296. The van der Waals surface area contributed by atoms with E-state index >= 15 is 0 Å². The van der Waals surface area contributed by atoms with E-state index < -0.39 is 11.2 Å². The second kappa shape index (κ2) is 6.81. The molecule has 0 saturated carbocycles. The van der Waals surface area contributed by atoms with E-state index in [0.717, 1.165) is 0 Å². The van der Waals surface area contributed by atoms with Crippen molar-refractivity contribution in [2.45, 2.75) is 44.8 Å². The van der Waals surface area contributed by atoms with Crippen LogP contribution in [0.2, 0.25) is 0 Å². The fraction of sp³-hybridized carbons (Fsp3) is 0.923. The van der Waals surface area contributed by atoms with Gasteiger partial charge in [-0.1, -0.05) is 0 Å². The molecule has 1 aliphatic heterocycles. The number of ether oxygens (including phenoxy) is 1. The number of aliphatic hydroxyl groups excluding tert-OH is 1. The second-order valence-electron chi connectivity index (χ2n) is 5.97. The van der Waals surface area contributed by atoms with Crippen molar-refractivity contribution < 1.29 is 19.7 Å². The topological polar surface area (TPSA) is 70.0 Å². The van der Waals surface area contributed by atoms with Gasteiger partial charge in [0.25, 0.3) is 0 Å². The Morgan fingerprint density at radius 2 is 1.95 bits per heavy atom. The summed E-state index contributed by atoms with van der Waals surface area (Å²) in [5.74, 6) is 1.24. The molecule has 0 aromatic rings. The molecule has 5 nitrogen and oxygen atoms in total. The third-order valence-corrected chi connectivity index (χ3v) is 4.16. The van der Waals surface area contributed by atoms with Crippen molar-refractivity contribution in [3.63, 3.8) is 0 Å². The molecule has 1 amide bonds. The summed E-state index contributed by atoms with van der Waals surface area (Å²) in [6, 6.07) is 0. The third-order valence-electron chi connectivity index (χ3n) is 2.95. The van der Waals surface area contributed by atoms with Gasteiger partial charge in [-0.15, -0.1) is 0 Å². The predicted molar refractivity (Wildman–Crippen MR) is 76.4 cm³/mol. The van der Waals surface area contributed by atoms with Crippen molar-refractivity contribution in [1.29, 1.82) is 0 Å². The standard InChI is InChI=1S/C13H25NO4S/c1-12(2,3)18-11(16)14-6-4-13(17,5-7-14)10-19-9-8-15/h15,17H,4-10H2,1-3H3. The Hall–Kier alpha value is -0.460. The Kier molecular flexibility index (Phi) is 5.95. The van der Waals surface area contributed by atoms with Crippen LogP contribution < -0.4 is 0 Å². The van der Waals surface area contributed by atoms with Gasteiger partial charge in [0.2, 0.25) is 0 Å². The second-order valence-corrected chi connectivity index (χ2v) is 7.07. The highest BCUT2D eigenvalue weighted by Gasteiger charge is 2.35. The van der Waals surface area contributed by atoms with E-state index in [2.05, 4.69) is 0 Å². The zero-order valence-corrected chi connectivity index (χ0v) is 12.8. The molecule has 2 N–H and O–H groups in total. The number of amides is 1. The van der Waals surface area contributed by atoms with Gasteiger partial charge in [-0.05, 0) is 33.6 Å². The average molecular weight is 291 g/mol. The van der Waals surface area contributed by atoms with Crippen molar-refractivity contribution in [1.82, 2.24) is 4.90 Å². The Balaban J connectivity index is 2.37. The first-order chi connectivity index (χ1) is 8.76. The monoisotopic (exact) mass is 291 g/mol. The molecule has 6 heteroatoms. The summed E-state index contributed by atoms with van der Waals surface area (Å²) >= 11 is 1.54. The molecule has 0 unspecified atom stereocenters. The van der Waals surface area contributed by atoms with Crippen molar-refractivity contribution in [2.24, 2.45) is 0 Å². The highest BCUT2D eigenvalue weighted by atomic mass is 32.2. The lowest BCUT2D eigenvalue weighted by molar-refractivity contribution is -0.0190. The molecule has 0 spiro atoms. The normalized spacial score (nSPS) is 19.3. The molecule has 19 heavy (non-hydrogen) atoms. The summed E-state index contributed by atoms with van der Waals surface area (Å²) in [4.78, 5) is 13.5. The van der Waals surface area contributed by atoms with Gasteiger partial charge < -0.3 is 19.8 Å². The van der Waals surface area contributed by atoms with Gasteiger partial charge in [-0.3, -0.25) is 0 Å². The van der Waals surface area contributed by atoms with E-state index in [0.29, 0.717) is 37.4 Å². The maximum atomic E-state index is 11.9. The first-order valence-corrected chi connectivity index (χ1v) is 7.80. The summed E-state index contributed by atoms with van der Waals surface area (Å²) in [6.45, 7) is 6.70. The lowest BCUT2D eigenvalue weighted by Gasteiger charge is -2.38. The van der Waals surface area contributed by atoms with Gasteiger partial charge in [0, 0.05) is 24.6 Å². The quantitative estimate of drug-likeness (QED) is 0.768. The minimum Gasteiger partial charge on any atom is -0.444 e. The number of carbonyl (C=O) groups is 1. The SMILES string of the molecule is CC(C)(C)OC(=O)N1CCC(O)(CSCCO)CC1. The molecule has 1 heterocycles. The Morgan fingerprint density at radius 3 is 2.42 bits per heavy atom. The Labute approximate surface area is 119 Å². The number of thioether (sulfide) groups is 1. The van der Waals surface area contributed by atoms with Crippen LogP contribution in [0.25, 0.3) is 0 Å². The van der Waals surface area contributed by atoms with Crippen LogP contribution in [0.4, 0.5) is 4.79 Å². The van der Waals surface area contributed by atoms with Gasteiger partial charge in [-0.25, -0.2) is 4.79 Å². The number of aliphatic hydroxyl groups is 2. The van der Waals surface area contributed by atoms with Crippen LogP contribution in [0.15, 0.2) is 0 Å². The van der Waals surface area contributed by atoms with Crippen LogP contribution in [0.5, 0.6) is 0 Å². The molecular formula is C13H25NO4S. The molecule has 0 radical (unpaired) electrons. The van der Waals surface area contributed by atoms with Gasteiger partial charge >= 0.3 is 6.09 Å². The minimum absolute atomic E-state index is 0.130. The largest absolute Gasteiger partial charge is 0.444 e. The summed E-state index contributed by atoms with van der Waals surface area (Å²) in [7, 11) is 0. The molecule has 0 atom stereocenters. The maximum Gasteiger partial charge on any atom is 0.410 e. The number of likely N-dealkylation sites (tertiary alicyclic amines) is 1. The number of hydrogen-bond acceptors (Lipinski definition) is 5. The Morgan fingerprint density at radius 1 is 1.37 bits per heavy atom. The average Bonchev–Trinajstić information content (AvgIpc) is 2.27. The number of carbonyl (C=O) groups excluding carboxylic acids is 1. The maximum absolute atomic E-state index is 11.9. The van der Waals surface area contributed by atoms with Crippen molar-refractivity contribution >= 4 is 17.9 Å². The molecule has 0 aromatic carbocycles. The van der Waals surface area contributed by atoms with E-state index in [-0.39, 0.29) is 12.7 Å². The van der Waals surface area contributed by atoms with Crippen molar-refractivity contribution in [2.75, 3.05) is 31.2 Å². The fourth-order valence-corrected chi connectivity index (χ4v) is 2.85. The van der Waals surface area contributed by atoms with Crippen LogP contribution in [-0.4, -0.2) is 63.6 Å². The fourth-order valence-electron chi connectivity index (χ4n) is 1.90. The van der Waals surface area contributed by atoms with Gasteiger partial charge in [-0.2, -0.15) is 11.8 Å². The molecule has 0 aromatic heterocycles. The van der Waals surface area contributed by atoms with Crippen LogP contribution >= 0.6 is 11.8 Å². The summed E-state index contributed by atoms with van der Waals surface area (Å²) in [5, 5.41) is 19.1. The molecule has 1 saturated heterocycles. The van der Waals surface area contributed by atoms with Crippen LogP contribution in [-0.2, 0) is 4.74 Å². The van der Waals surface area contributed by atoms with Gasteiger partial charge in [0.15, 0.2) is 0 Å². The lowest BCUT2D eigenvalue weighted by Crippen LogP contribution is -2.49. The number of nitrogens with zero attached hydrogens (tertiary/aromatic N) is 1. The first-order valence-electron chi connectivity index (χ1n) is 6.65. The summed E-state index contributed by atoms with van der Waals surface area (Å²) < 4.78 is 5.31. The predicted octanol–water partition coefficient (Wildman–Crippen LogP) is 1.47. The molecule has 112 valence electrons. The van der Waals surface area contributed by atoms with Crippen molar-refractivity contribution in [3.05, 3.63) is 0 Å². The van der Waals surface area contributed by atoms with E-state index in [1.807, 2.05) is 20.8 Å². The van der Waals surface area contributed by atoms with Gasteiger partial charge in [0.1, 0.15) is 5.60 Å². The molecule has 0 bridgehead atoms. The zero-order valence-electron chi connectivity index (χ0n) is 12.0. The minimum atomic E-state index is -0.724. The van der Waals surface area contributed by atoms with E-state index in [4.69, 9.17) is 9.84 Å². The van der Waals surface area contributed by atoms with E-state index in [1.54, 1.807) is 16.7 Å². The molecule has 1 aliphatic rings. The van der Waals surface area contributed by atoms with E-state index in [1.165, 1.54) is 0 Å². The highest BCUT2D eigenvalue weighted by molar-refractivity contribution is 7.99. The molecule has 0 aliphatic carbocycles. The molecule has 1 fully saturated rings. The highest BCUT2D eigenvalue weighted by Crippen LogP contribution is 2.27. The summed E-state index contributed by atoms with van der Waals surface area (Å²) in [5.41, 5.74) is -1.21. The van der Waals surface area contributed by atoms with Crippen LogP contribution in [0.3, 0.4) is 0 Å². The number of rotatable bonds is 4. The zero-order chi connectivity index (χ0) is 14.5. The smallest absolute Gasteiger partial charge is 0.410 e. The third kappa shape index (κ3) is 6.01. The number of piperidine rings is 1. The lowest BCUT2D eigenvalue weighted by atomic mass is 9.94. The summed E-state index contributed by atoms with van der Waals surface area (Å²) in [6.07, 6.45) is 0.813. The van der Waals surface area contributed by atoms with Gasteiger partial charge in [0.05, 0.1) is 12.2 Å². The van der Waals surface area contributed by atoms with Crippen LogP contribution in [0, 0.1) is 0 Å². The molecular weight excluding hydrogens is 266 g/mol.